The molecule has 0 radical (unpaired) electrons. The van der Waals surface area contributed by atoms with Crippen molar-refractivity contribution in [2.45, 2.75) is 25.2 Å². The molecule has 0 atom stereocenters. The van der Waals surface area contributed by atoms with Gasteiger partial charge in [-0.25, -0.2) is 13.8 Å². The van der Waals surface area contributed by atoms with E-state index in [1.807, 2.05) is 6.07 Å². The minimum atomic E-state index is -0.734. The van der Waals surface area contributed by atoms with Crippen molar-refractivity contribution < 1.29 is 13.6 Å². The SMILES string of the molecule is O=C(Cc1ccc(F)cc1F)Nc1cccc(-c2n[nH]c(C3CC3)n2)c1. The number of hydrogen-bond donors (Lipinski definition) is 2. The highest BCUT2D eigenvalue weighted by Gasteiger charge is 2.27. The second-order valence-corrected chi connectivity index (χ2v) is 6.36. The zero-order valence-electron chi connectivity index (χ0n) is 13.8. The minimum absolute atomic E-state index is 0.142. The number of halogens is 2. The van der Waals surface area contributed by atoms with Crippen molar-refractivity contribution >= 4 is 11.6 Å². The second-order valence-electron chi connectivity index (χ2n) is 6.36. The smallest absolute Gasteiger partial charge is 0.228 e. The fourth-order valence-electron chi connectivity index (χ4n) is 2.72. The van der Waals surface area contributed by atoms with Crippen LogP contribution in [0.4, 0.5) is 14.5 Å². The summed E-state index contributed by atoms with van der Waals surface area (Å²) >= 11 is 0. The Morgan fingerprint density at radius 1 is 1.19 bits per heavy atom. The molecule has 3 aromatic rings. The maximum Gasteiger partial charge on any atom is 0.228 e. The average molecular weight is 354 g/mol. The molecular formula is C19H16F2N4O. The lowest BCUT2D eigenvalue weighted by molar-refractivity contribution is -0.115. The number of aromatic nitrogens is 3. The van der Waals surface area contributed by atoms with E-state index in [9.17, 15) is 13.6 Å². The highest BCUT2D eigenvalue weighted by Crippen LogP contribution is 2.38. The third-order valence-corrected chi connectivity index (χ3v) is 4.24. The van der Waals surface area contributed by atoms with Crippen LogP contribution in [0.3, 0.4) is 0 Å². The van der Waals surface area contributed by atoms with Crippen LogP contribution in [-0.2, 0) is 11.2 Å². The first-order chi connectivity index (χ1) is 12.6. The first kappa shape index (κ1) is 16.4. The summed E-state index contributed by atoms with van der Waals surface area (Å²) in [5.41, 5.74) is 1.48. The van der Waals surface area contributed by atoms with Crippen LogP contribution in [-0.4, -0.2) is 21.1 Å². The molecule has 1 saturated carbocycles. The van der Waals surface area contributed by atoms with E-state index in [1.165, 1.54) is 6.07 Å². The number of nitrogens with one attached hydrogen (secondary N) is 2. The predicted molar refractivity (Wildman–Crippen MR) is 92.5 cm³/mol. The maximum absolute atomic E-state index is 13.7. The van der Waals surface area contributed by atoms with Crippen molar-refractivity contribution in [1.82, 2.24) is 15.2 Å². The maximum atomic E-state index is 13.7. The number of amides is 1. The zero-order valence-corrected chi connectivity index (χ0v) is 13.8. The molecular weight excluding hydrogens is 338 g/mol. The van der Waals surface area contributed by atoms with E-state index >= 15 is 0 Å². The Balaban J connectivity index is 1.46. The molecule has 0 spiro atoms. The van der Waals surface area contributed by atoms with Crippen molar-refractivity contribution in [3.8, 4) is 11.4 Å². The van der Waals surface area contributed by atoms with E-state index in [-0.39, 0.29) is 17.9 Å². The fraction of sp³-hybridized carbons (Fsp3) is 0.211. The molecule has 0 unspecified atom stereocenters. The predicted octanol–water partition coefficient (Wildman–Crippen LogP) is 3.81. The van der Waals surface area contributed by atoms with Gasteiger partial charge in [0.25, 0.3) is 0 Å². The van der Waals surface area contributed by atoms with E-state index < -0.39 is 11.6 Å². The summed E-state index contributed by atoms with van der Waals surface area (Å²) in [5, 5.41) is 9.89. The molecule has 1 heterocycles. The number of benzene rings is 2. The van der Waals surface area contributed by atoms with Crippen LogP contribution in [0.15, 0.2) is 42.5 Å². The molecule has 1 amide bonds. The number of H-pyrrole nitrogens is 1. The van der Waals surface area contributed by atoms with Gasteiger partial charge >= 0.3 is 0 Å². The molecule has 1 aromatic heterocycles. The molecule has 0 bridgehead atoms. The van der Waals surface area contributed by atoms with Crippen LogP contribution in [0.1, 0.15) is 30.1 Å². The van der Waals surface area contributed by atoms with E-state index in [1.54, 1.807) is 18.2 Å². The Labute approximate surface area is 148 Å². The van der Waals surface area contributed by atoms with Crippen molar-refractivity contribution in [1.29, 1.82) is 0 Å². The third kappa shape index (κ3) is 3.61. The van der Waals surface area contributed by atoms with Crippen LogP contribution < -0.4 is 5.32 Å². The monoisotopic (exact) mass is 354 g/mol. The van der Waals surface area contributed by atoms with Gasteiger partial charge in [-0.05, 0) is 36.6 Å². The van der Waals surface area contributed by atoms with Crippen molar-refractivity contribution in [2.75, 3.05) is 5.32 Å². The van der Waals surface area contributed by atoms with Crippen LogP contribution >= 0.6 is 0 Å². The number of hydrogen-bond acceptors (Lipinski definition) is 3. The summed E-state index contributed by atoms with van der Waals surface area (Å²) in [4.78, 5) is 16.6. The molecule has 2 aromatic carbocycles. The topological polar surface area (TPSA) is 70.7 Å². The summed E-state index contributed by atoms with van der Waals surface area (Å²) in [6.07, 6.45) is 2.08. The molecule has 26 heavy (non-hydrogen) atoms. The van der Waals surface area contributed by atoms with E-state index in [4.69, 9.17) is 0 Å². The largest absolute Gasteiger partial charge is 0.326 e. The van der Waals surface area contributed by atoms with Crippen LogP contribution in [0, 0.1) is 11.6 Å². The van der Waals surface area contributed by atoms with Crippen LogP contribution in [0.2, 0.25) is 0 Å². The standard InChI is InChI=1S/C19H16F2N4O/c20-14-7-6-12(16(21)10-14)9-17(26)22-15-3-1-2-13(8-15)19-23-18(24-25-19)11-4-5-11/h1-3,6-8,10-11H,4-5,9H2,(H,22,26)(H,23,24,25). The van der Waals surface area contributed by atoms with Gasteiger partial charge in [0.2, 0.25) is 5.91 Å². The Morgan fingerprint density at radius 2 is 2.04 bits per heavy atom. The van der Waals surface area contributed by atoms with Gasteiger partial charge in [-0.3, -0.25) is 9.89 Å². The number of nitrogens with zero attached hydrogens (tertiary/aromatic N) is 2. The first-order valence-electron chi connectivity index (χ1n) is 8.35. The molecule has 2 N–H and O–H groups in total. The normalized spacial score (nSPS) is 13.6. The Hall–Kier alpha value is -3.09. The summed E-state index contributed by atoms with van der Waals surface area (Å²) in [7, 11) is 0. The molecule has 1 aliphatic rings. The Bertz CT molecular complexity index is 966. The first-order valence-corrected chi connectivity index (χ1v) is 8.35. The quantitative estimate of drug-likeness (QED) is 0.732. The molecule has 1 fully saturated rings. The lowest BCUT2D eigenvalue weighted by atomic mass is 10.1. The van der Waals surface area contributed by atoms with E-state index in [0.717, 1.165) is 36.4 Å². The van der Waals surface area contributed by atoms with Gasteiger partial charge in [-0.1, -0.05) is 18.2 Å². The average Bonchev–Trinajstić information content (AvgIpc) is 3.34. The molecule has 1 aliphatic carbocycles. The fourth-order valence-corrected chi connectivity index (χ4v) is 2.72. The molecule has 4 rings (SSSR count). The minimum Gasteiger partial charge on any atom is -0.326 e. The van der Waals surface area contributed by atoms with Gasteiger partial charge in [0.1, 0.15) is 17.5 Å². The number of anilines is 1. The summed E-state index contributed by atoms with van der Waals surface area (Å²) in [5.74, 6) is 0.151. The van der Waals surface area contributed by atoms with Crippen molar-refractivity contribution in [3.63, 3.8) is 0 Å². The van der Waals surface area contributed by atoms with Gasteiger partial charge in [-0.2, -0.15) is 5.10 Å². The molecule has 5 nitrogen and oxygen atoms in total. The molecule has 0 aliphatic heterocycles. The highest BCUT2D eigenvalue weighted by atomic mass is 19.1. The number of aromatic amines is 1. The number of rotatable bonds is 5. The van der Waals surface area contributed by atoms with Crippen LogP contribution in [0.25, 0.3) is 11.4 Å². The summed E-state index contributed by atoms with van der Waals surface area (Å²) < 4.78 is 26.6. The van der Waals surface area contributed by atoms with Gasteiger partial charge in [0.05, 0.1) is 6.42 Å². The molecule has 7 heteroatoms. The van der Waals surface area contributed by atoms with Gasteiger partial charge in [0.15, 0.2) is 5.82 Å². The molecule has 0 saturated heterocycles. The van der Waals surface area contributed by atoms with Gasteiger partial charge in [0, 0.05) is 23.2 Å². The van der Waals surface area contributed by atoms with Crippen LogP contribution in [0.5, 0.6) is 0 Å². The Morgan fingerprint density at radius 3 is 2.81 bits per heavy atom. The number of carbonyl (C=O) groups excluding carboxylic acids is 1. The van der Waals surface area contributed by atoms with E-state index in [2.05, 4.69) is 20.5 Å². The van der Waals surface area contributed by atoms with Crippen molar-refractivity contribution in [3.05, 3.63) is 65.5 Å². The highest BCUT2D eigenvalue weighted by molar-refractivity contribution is 5.92. The van der Waals surface area contributed by atoms with Gasteiger partial charge < -0.3 is 5.32 Å². The second kappa shape index (κ2) is 6.67. The van der Waals surface area contributed by atoms with E-state index in [0.29, 0.717) is 17.4 Å². The number of carbonyl (C=O) groups is 1. The lowest BCUT2D eigenvalue weighted by Crippen LogP contribution is -2.15. The Kier molecular flexibility index (Phi) is 4.20. The zero-order chi connectivity index (χ0) is 18.1. The summed E-state index contributed by atoms with van der Waals surface area (Å²) in [6.45, 7) is 0. The summed E-state index contributed by atoms with van der Waals surface area (Å²) in [6, 6.07) is 10.3. The van der Waals surface area contributed by atoms with Gasteiger partial charge in [-0.15, -0.1) is 0 Å². The molecule has 132 valence electrons. The third-order valence-electron chi connectivity index (χ3n) is 4.24. The van der Waals surface area contributed by atoms with Crippen molar-refractivity contribution in [2.24, 2.45) is 0 Å². The lowest BCUT2D eigenvalue weighted by Gasteiger charge is -2.07.